The minimum Gasteiger partial charge on any atom is -0.483 e. The molecule has 0 atom stereocenters. The van der Waals surface area contributed by atoms with E-state index in [-0.39, 0.29) is 12.5 Å². The molecule has 0 saturated carbocycles. The van der Waals surface area contributed by atoms with E-state index in [4.69, 9.17) is 4.74 Å². The molecule has 0 fully saturated rings. The fraction of sp³-hybridized carbons (Fsp3) is 0.417. The molecular weight excluding hydrogens is 204 g/mol. The van der Waals surface area contributed by atoms with Gasteiger partial charge in [-0.2, -0.15) is 0 Å². The van der Waals surface area contributed by atoms with Crippen LogP contribution in [0.15, 0.2) is 18.2 Å². The first-order valence-corrected chi connectivity index (χ1v) is 5.16. The topological polar surface area (TPSA) is 41.6 Å². The van der Waals surface area contributed by atoms with Gasteiger partial charge in [-0.1, -0.05) is 18.2 Å². The number of nitrogens with zero attached hydrogens (tertiary/aromatic N) is 1. The van der Waals surface area contributed by atoms with Gasteiger partial charge in [0.15, 0.2) is 6.61 Å². The van der Waals surface area contributed by atoms with Crippen LogP contribution >= 0.6 is 0 Å². The molecule has 0 radical (unpaired) electrons. The van der Waals surface area contributed by atoms with Gasteiger partial charge in [0.05, 0.1) is 0 Å². The average Bonchev–Trinajstić information content (AvgIpc) is 2.15. The number of aryl methyl sites for hydroxylation is 2. The standard InChI is InChI=1S/C12H18N2O2/c1-9-6-5-7-10(2)12(9)16-8-11(15)13-14(3)4/h5-7H,8H2,1-4H3,(H,13,15). The lowest BCUT2D eigenvalue weighted by molar-refractivity contribution is -0.126. The lowest BCUT2D eigenvalue weighted by atomic mass is 10.1. The van der Waals surface area contributed by atoms with Gasteiger partial charge in [-0.15, -0.1) is 0 Å². The molecule has 0 aliphatic rings. The van der Waals surface area contributed by atoms with Crippen molar-refractivity contribution in [1.29, 1.82) is 0 Å². The van der Waals surface area contributed by atoms with E-state index in [0.29, 0.717) is 0 Å². The third-order valence-electron chi connectivity index (χ3n) is 2.10. The fourth-order valence-electron chi connectivity index (χ4n) is 1.45. The van der Waals surface area contributed by atoms with Crippen LogP contribution in [0.4, 0.5) is 0 Å². The van der Waals surface area contributed by atoms with Gasteiger partial charge in [0.2, 0.25) is 0 Å². The van der Waals surface area contributed by atoms with Crippen molar-refractivity contribution in [2.75, 3.05) is 20.7 Å². The monoisotopic (exact) mass is 222 g/mol. The summed E-state index contributed by atoms with van der Waals surface area (Å²) in [6.07, 6.45) is 0. The number of hydrazine groups is 1. The van der Waals surface area contributed by atoms with Crippen LogP contribution in [0.1, 0.15) is 11.1 Å². The first kappa shape index (κ1) is 12.5. The molecule has 88 valence electrons. The largest absolute Gasteiger partial charge is 0.483 e. The molecule has 4 nitrogen and oxygen atoms in total. The van der Waals surface area contributed by atoms with E-state index in [9.17, 15) is 4.79 Å². The fourth-order valence-corrected chi connectivity index (χ4v) is 1.45. The third-order valence-corrected chi connectivity index (χ3v) is 2.10. The van der Waals surface area contributed by atoms with E-state index in [0.717, 1.165) is 16.9 Å². The quantitative estimate of drug-likeness (QED) is 0.780. The van der Waals surface area contributed by atoms with Gasteiger partial charge in [0.25, 0.3) is 5.91 Å². The maximum atomic E-state index is 11.4. The smallest absolute Gasteiger partial charge is 0.272 e. The Morgan fingerprint density at radius 3 is 2.38 bits per heavy atom. The molecule has 0 saturated heterocycles. The third kappa shape index (κ3) is 3.55. The van der Waals surface area contributed by atoms with Gasteiger partial charge in [-0.05, 0) is 25.0 Å². The summed E-state index contributed by atoms with van der Waals surface area (Å²) in [5.74, 6) is 0.629. The molecule has 0 unspecified atom stereocenters. The van der Waals surface area contributed by atoms with Crippen molar-refractivity contribution >= 4 is 5.91 Å². The SMILES string of the molecule is Cc1cccc(C)c1OCC(=O)NN(C)C. The molecule has 0 aliphatic carbocycles. The highest BCUT2D eigenvalue weighted by Crippen LogP contribution is 2.21. The molecule has 0 spiro atoms. The van der Waals surface area contributed by atoms with E-state index < -0.39 is 0 Å². The highest BCUT2D eigenvalue weighted by molar-refractivity contribution is 5.77. The molecule has 0 aromatic heterocycles. The summed E-state index contributed by atoms with van der Waals surface area (Å²) in [5, 5.41) is 1.59. The Bertz CT molecular complexity index is 355. The summed E-state index contributed by atoms with van der Waals surface area (Å²) >= 11 is 0. The zero-order valence-corrected chi connectivity index (χ0v) is 10.2. The highest BCUT2D eigenvalue weighted by atomic mass is 16.5. The first-order valence-electron chi connectivity index (χ1n) is 5.16. The molecule has 1 aromatic rings. The minimum absolute atomic E-state index is 0.0316. The van der Waals surface area contributed by atoms with E-state index in [1.54, 1.807) is 19.1 Å². The average molecular weight is 222 g/mol. The maximum absolute atomic E-state index is 11.4. The molecular formula is C12H18N2O2. The van der Waals surface area contributed by atoms with Crippen LogP contribution in [0.25, 0.3) is 0 Å². The van der Waals surface area contributed by atoms with E-state index >= 15 is 0 Å². The molecule has 1 amide bonds. The Balaban J connectivity index is 2.58. The van der Waals surface area contributed by atoms with Crippen LogP contribution in [-0.2, 0) is 4.79 Å². The van der Waals surface area contributed by atoms with Crippen molar-refractivity contribution in [2.24, 2.45) is 0 Å². The van der Waals surface area contributed by atoms with Crippen LogP contribution in [0.2, 0.25) is 0 Å². The summed E-state index contributed by atoms with van der Waals surface area (Å²) in [5.41, 5.74) is 4.70. The predicted molar refractivity (Wildman–Crippen MR) is 63.2 cm³/mol. The Labute approximate surface area is 96.2 Å². The summed E-state index contributed by atoms with van der Waals surface area (Å²) in [6.45, 7) is 3.96. The normalized spacial score (nSPS) is 10.3. The van der Waals surface area contributed by atoms with Crippen molar-refractivity contribution in [3.05, 3.63) is 29.3 Å². The van der Waals surface area contributed by atoms with Crippen molar-refractivity contribution in [1.82, 2.24) is 10.4 Å². The van der Waals surface area contributed by atoms with Crippen LogP contribution in [-0.4, -0.2) is 31.6 Å². The van der Waals surface area contributed by atoms with Gasteiger partial charge in [0, 0.05) is 14.1 Å². The van der Waals surface area contributed by atoms with E-state index in [2.05, 4.69) is 5.43 Å². The number of benzene rings is 1. The van der Waals surface area contributed by atoms with Gasteiger partial charge in [-0.3, -0.25) is 10.2 Å². The van der Waals surface area contributed by atoms with Crippen LogP contribution in [0, 0.1) is 13.8 Å². The molecule has 1 N–H and O–H groups in total. The van der Waals surface area contributed by atoms with Crippen molar-refractivity contribution in [3.8, 4) is 5.75 Å². The number of carbonyl (C=O) groups excluding carboxylic acids is 1. The van der Waals surface area contributed by atoms with Gasteiger partial charge >= 0.3 is 0 Å². The second kappa shape index (κ2) is 5.51. The predicted octanol–water partition coefficient (Wildman–Crippen LogP) is 1.28. The summed E-state index contributed by atoms with van der Waals surface area (Å²) in [7, 11) is 3.52. The second-order valence-electron chi connectivity index (χ2n) is 3.94. The number of nitrogens with one attached hydrogen (secondary N) is 1. The van der Waals surface area contributed by atoms with Crippen molar-refractivity contribution < 1.29 is 9.53 Å². The number of amides is 1. The molecule has 16 heavy (non-hydrogen) atoms. The molecule has 0 aliphatic heterocycles. The zero-order valence-electron chi connectivity index (χ0n) is 10.2. The van der Waals surface area contributed by atoms with Crippen LogP contribution in [0.3, 0.4) is 0 Å². The molecule has 4 heteroatoms. The Kier molecular flexibility index (Phi) is 4.31. The number of hydrogen-bond donors (Lipinski definition) is 1. The van der Waals surface area contributed by atoms with E-state index in [1.165, 1.54) is 0 Å². The molecule has 1 rings (SSSR count). The summed E-state index contributed by atoms with van der Waals surface area (Å²) < 4.78 is 5.49. The first-order chi connectivity index (χ1) is 7.50. The molecule has 1 aromatic carbocycles. The van der Waals surface area contributed by atoms with Crippen LogP contribution < -0.4 is 10.2 Å². The summed E-state index contributed by atoms with van der Waals surface area (Å²) in [4.78, 5) is 11.4. The Hall–Kier alpha value is -1.55. The lowest BCUT2D eigenvalue weighted by Gasteiger charge is -2.14. The van der Waals surface area contributed by atoms with Crippen molar-refractivity contribution in [3.63, 3.8) is 0 Å². The van der Waals surface area contributed by atoms with E-state index in [1.807, 2.05) is 32.0 Å². The zero-order chi connectivity index (χ0) is 12.1. The molecule has 0 bridgehead atoms. The van der Waals surface area contributed by atoms with Crippen molar-refractivity contribution in [2.45, 2.75) is 13.8 Å². The number of rotatable bonds is 4. The Morgan fingerprint density at radius 2 is 1.88 bits per heavy atom. The maximum Gasteiger partial charge on any atom is 0.272 e. The highest BCUT2D eigenvalue weighted by Gasteiger charge is 2.07. The van der Waals surface area contributed by atoms with Gasteiger partial charge in [-0.25, -0.2) is 5.01 Å². The number of para-hydroxylation sites is 1. The number of hydrogen-bond acceptors (Lipinski definition) is 3. The lowest BCUT2D eigenvalue weighted by Crippen LogP contribution is -2.39. The van der Waals surface area contributed by atoms with Gasteiger partial charge in [0.1, 0.15) is 5.75 Å². The minimum atomic E-state index is -0.160. The number of carbonyl (C=O) groups is 1. The Morgan fingerprint density at radius 1 is 1.31 bits per heavy atom. The van der Waals surface area contributed by atoms with Gasteiger partial charge < -0.3 is 4.74 Å². The number of ether oxygens (including phenoxy) is 1. The second-order valence-corrected chi connectivity index (χ2v) is 3.94. The summed E-state index contributed by atoms with van der Waals surface area (Å²) in [6, 6.07) is 5.90. The molecule has 0 heterocycles. The van der Waals surface area contributed by atoms with Crippen LogP contribution in [0.5, 0.6) is 5.75 Å².